The van der Waals surface area contributed by atoms with Gasteiger partial charge in [-0.05, 0) is 42.5 Å². The van der Waals surface area contributed by atoms with E-state index in [4.69, 9.17) is 21.1 Å². The Bertz CT molecular complexity index is 905. The lowest BCUT2D eigenvalue weighted by Gasteiger charge is -2.45. The Balaban J connectivity index is 1.66. The van der Waals surface area contributed by atoms with Gasteiger partial charge in [-0.3, -0.25) is 0 Å². The summed E-state index contributed by atoms with van der Waals surface area (Å²) in [5.41, 5.74) is 2.38. The van der Waals surface area contributed by atoms with Gasteiger partial charge in [0.1, 0.15) is 36.3 Å². The van der Waals surface area contributed by atoms with Crippen LogP contribution >= 0.6 is 11.6 Å². The van der Waals surface area contributed by atoms with Crippen LogP contribution in [-0.2, 0) is 16.9 Å². The standard InChI is InChI=1S/C22H25ClO7/c23-15-9-8-13(22(28)21(27)20(26)19(25)18(11-24)30-22)10-17(15)29-16-7-3-5-12-4-1-2-6-14(12)16/h1-2,4,6,8-10,16,18-21,24-28H,3,5,7,11H2/t16?,18-,19-,20+,21-,22-/m1/s1. The Kier molecular flexibility index (Phi) is 6.05. The fourth-order valence-corrected chi connectivity index (χ4v) is 4.36. The minimum Gasteiger partial charge on any atom is -0.484 e. The number of hydrogen-bond donors (Lipinski definition) is 5. The van der Waals surface area contributed by atoms with Gasteiger partial charge in [-0.1, -0.05) is 41.9 Å². The average Bonchev–Trinajstić information content (AvgIpc) is 2.76. The summed E-state index contributed by atoms with van der Waals surface area (Å²) >= 11 is 6.33. The van der Waals surface area contributed by atoms with Crippen LogP contribution in [0.3, 0.4) is 0 Å². The van der Waals surface area contributed by atoms with Crippen LogP contribution in [0.15, 0.2) is 42.5 Å². The summed E-state index contributed by atoms with van der Waals surface area (Å²) in [4.78, 5) is 0. The molecule has 1 unspecified atom stereocenters. The van der Waals surface area contributed by atoms with Crippen molar-refractivity contribution >= 4 is 11.6 Å². The van der Waals surface area contributed by atoms with E-state index in [1.54, 1.807) is 0 Å². The van der Waals surface area contributed by atoms with Crippen LogP contribution in [0, 0.1) is 0 Å². The molecule has 0 bridgehead atoms. The van der Waals surface area contributed by atoms with Crippen LogP contribution in [-0.4, -0.2) is 56.6 Å². The van der Waals surface area contributed by atoms with Crippen LogP contribution in [0.1, 0.15) is 35.6 Å². The second kappa shape index (κ2) is 8.43. The van der Waals surface area contributed by atoms with Crippen LogP contribution in [0.25, 0.3) is 0 Å². The Morgan fingerprint density at radius 3 is 2.63 bits per heavy atom. The van der Waals surface area contributed by atoms with Gasteiger partial charge < -0.3 is 35.0 Å². The molecule has 2 aromatic carbocycles. The van der Waals surface area contributed by atoms with Gasteiger partial charge >= 0.3 is 0 Å². The second-order valence-corrected chi connectivity index (χ2v) is 8.21. The molecule has 0 spiro atoms. The van der Waals surface area contributed by atoms with Gasteiger partial charge in [0.25, 0.3) is 0 Å². The number of hydrogen-bond acceptors (Lipinski definition) is 7. The molecule has 1 aliphatic carbocycles. The number of aliphatic hydroxyl groups is 5. The molecule has 0 aromatic heterocycles. The Hall–Kier alpha value is -1.71. The molecule has 2 aromatic rings. The maximum atomic E-state index is 11.0. The largest absolute Gasteiger partial charge is 0.484 e. The fraction of sp³-hybridized carbons (Fsp3) is 0.455. The molecule has 1 aliphatic heterocycles. The Morgan fingerprint density at radius 1 is 1.10 bits per heavy atom. The predicted molar refractivity (Wildman–Crippen MR) is 108 cm³/mol. The Labute approximate surface area is 179 Å². The minimum atomic E-state index is -2.36. The van der Waals surface area contributed by atoms with E-state index < -0.39 is 36.8 Å². The van der Waals surface area contributed by atoms with Gasteiger partial charge in [0.05, 0.1) is 11.6 Å². The Morgan fingerprint density at radius 2 is 1.87 bits per heavy atom. The first-order chi connectivity index (χ1) is 14.3. The van der Waals surface area contributed by atoms with Crippen molar-refractivity contribution in [1.29, 1.82) is 0 Å². The van der Waals surface area contributed by atoms with Crippen LogP contribution < -0.4 is 4.74 Å². The van der Waals surface area contributed by atoms with E-state index in [0.29, 0.717) is 10.8 Å². The highest BCUT2D eigenvalue weighted by Crippen LogP contribution is 2.41. The van der Waals surface area contributed by atoms with Crippen molar-refractivity contribution in [2.45, 2.75) is 55.6 Å². The molecule has 0 saturated carbocycles. The maximum absolute atomic E-state index is 11.0. The molecule has 4 rings (SSSR count). The van der Waals surface area contributed by atoms with Crippen LogP contribution in [0.4, 0.5) is 0 Å². The molecule has 1 saturated heterocycles. The second-order valence-electron chi connectivity index (χ2n) is 7.80. The molecule has 30 heavy (non-hydrogen) atoms. The maximum Gasteiger partial charge on any atom is 0.222 e. The number of aryl methyl sites for hydroxylation is 1. The van der Waals surface area contributed by atoms with Gasteiger partial charge in [-0.2, -0.15) is 0 Å². The highest BCUT2D eigenvalue weighted by molar-refractivity contribution is 6.32. The van der Waals surface area contributed by atoms with E-state index >= 15 is 0 Å². The number of halogens is 1. The van der Waals surface area contributed by atoms with Gasteiger partial charge in [0, 0.05) is 5.56 Å². The van der Waals surface area contributed by atoms with Crippen molar-refractivity contribution in [2.75, 3.05) is 6.61 Å². The number of benzene rings is 2. The predicted octanol–water partition coefficient (Wildman–Crippen LogP) is 1.42. The highest BCUT2D eigenvalue weighted by atomic mass is 35.5. The summed E-state index contributed by atoms with van der Waals surface area (Å²) in [6.07, 6.45) is -3.86. The number of fused-ring (bicyclic) bond motifs is 1. The monoisotopic (exact) mass is 436 g/mol. The smallest absolute Gasteiger partial charge is 0.222 e. The summed E-state index contributed by atoms with van der Waals surface area (Å²) in [6, 6.07) is 12.4. The molecule has 162 valence electrons. The van der Waals surface area contributed by atoms with Gasteiger partial charge in [0.15, 0.2) is 0 Å². The van der Waals surface area contributed by atoms with Crippen LogP contribution in [0.5, 0.6) is 5.75 Å². The molecule has 5 N–H and O–H groups in total. The van der Waals surface area contributed by atoms with Crippen molar-refractivity contribution in [1.82, 2.24) is 0 Å². The number of aliphatic hydroxyl groups excluding tert-OH is 4. The zero-order valence-corrected chi connectivity index (χ0v) is 16.9. The van der Waals surface area contributed by atoms with Crippen molar-refractivity contribution in [3.05, 3.63) is 64.2 Å². The van der Waals surface area contributed by atoms with E-state index in [-0.39, 0.29) is 11.7 Å². The normalized spacial score (nSPS) is 33.7. The molecule has 0 amide bonds. The topological polar surface area (TPSA) is 120 Å². The molecular formula is C22H25ClO7. The van der Waals surface area contributed by atoms with E-state index in [1.165, 1.54) is 23.8 Å². The van der Waals surface area contributed by atoms with Gasteiger partial charge in [-0.25, -0.2) is 0 Å². The van der Waals surface area contributed by atoms with Crippen molar-refractivity contribution in [3.8, 4) is 5.75 Å². The van der Waals surface area contributed by atoms with Gasteiger partial charge in [-0.15, -0.1) is 0 Å². The lowest BCUT2D eigenvalue weighted by Crippen LogP contribution is -2.63. The molecule has 6 atom stereocenters. The van der Waals surface area contributed by atoms with Crippen molar-refractivity contribution in [3.63, 3.8) is 0 Å². The number of rotatable bonds is 4. The van der Waals surface area contributed by atoms with E-state index in [0.717, 1.165) is 24.8 Å². The quantitative estimate of drug-likeness (QED) is 0.491. The lowest BCUT2D eigenvalue weighted by atomic mass is 9.88. The summed E-state index contributed by atoms with van der Waals surface area (Å²) in [7, 11) is 0. The third kappa shape index (κ3) is 3.71. The highest BCUT2D eigenvalue weighted by Gasteiger charge is 2.53. The summed E-state index contributed by atoms with van der Waals surface area (Å²) in [5, 5.41) is 51.2. The molecule has 2 aliphatic rings. The molecule has 7 nitrogen and oxygen atoms in total. The first kappa shape index (κ1) is 21.5. The third-order valence-corrected chi connectivity index (χ3v) is 6.21. The molecule has 8 heteroatoms. The first-order valence-corrected chi connectivity index (χ1v) is 10.3. The summed E-state index contributed by atoms with van der Waals surface area (Å²) < 4.78 is 11.6. The zero-order chi connectivity index (χ0) is 21.5. The van der Waals surface area contributed by atoms with E-state index in [2.05, 4.69) is 6.07 Å². The SMILES string of the molecule is OC[C@H]1O[C@](O)(c2ccc(Cl)c(OC3CCCc4ccccc43)c2)[C@H](O)[C@@H](O)[C@@H]1O. The van der Waals surface area contributed by atoms with E-state index in [9.17, 15) is 25.5 Å². The van der Waals surface area contributed by atoms with Crippen LogP contribution in [0.2, 0.25) is 5.02 Å². The van der Waals surface area contributed by atoms with Crippen molar-refractivity contribution in [2.24, 2.45) is 0 Å². The van der Waals surface area contributed by atoms with Crippen molar-refractivity contribution < 1.29 is 35.0 Å². The molecular weight excluding hydrogens is 412 g/mol. The lowest BCUT2D eigenvalue weighted by molar-refractivity contribution is -0.357. The fourth-order valence-electron chi connectivity index (χ4n) is 4.19. The number of ether oxygens (including phenoxy) is 2. The average molecular weight is 437 g/mol. The molecule has 1 fully saturated rings. The summed E-state index contributed by atoms with van der Waals surface area (Å²) in [6.45, 7) is -0.650. The first-order valence-electron chi connectivity index (χ1n) is 9.95. The third-order valence-electron chi connectivity index (χ3n) is 5.89. The zero-order valence-electron chi connectivity index (χ0n) is 16.2. The van der Waals surface area contributed by atoms with E-state index in [1.807, 2.05) is 18.2 Å². The minimum absolute atomic E-state index is 0.0860. The molecule has 1 heterocycles. The molecule has 0 radical (unpaired) electrons. The summed E-state index contributed by atoms with van der Waals surface area (Å²) in [5.74, 6) is -2.07. The van der Waals surface area contributed by atoms with Gasteiger partial charge in [0.2, 0.25) is 5.79 Å².